The Morgan fingerprint density at radius 2 is 2.07 bits per heavy atom. The predicted molar refractivity (Wildman–Crippen MR) is 105 cm³/mol. The molecule has 0 radical (unpaired) electrons. The average molecular weight is 381 g/mol. The fourth-order valence-corrected chi connectivity index (χ4v) is 3.18. The number of carbonyl (C=O) groups is 1. The Hall–Kier alpha value is -3.32. The number of hydrogen-bond donors (Lipinski definition) is 3. The summed E-state index contributed by atoms with van der Waals surface area (Å²) < 4.78 is 24.5. The maximum absolute atomic E-state index is 13.4. The van der Waals surface area contributed by atoms with Crippen molar-refractivity contribution in [2.75, 3.05) is 19.7 Å². The number of H-pyrrole nitrogens is 1. The van der Waals surface area contributed by atoms with Gasteiger partial charge in [-0.3, -0.25) is 4.79 Å². The van der Waals surface area contributed by atoms with Gasteiger partial charge in [-0.2, -0.15) is 0 Å². The second-order valence-corrected chi connectivity index (χ2v) is 6.53. The second-order valence-electron chi connectivity index (χ2n) is 6.53. The molecule has 4 N–H and O–H groups in total. The lowest BCUT2D eigenvalue weighted by Crippen LogP contribution is -2.23. The van der Waals surface area contributed by atoms with Gasteiger partial charge in [0.2, 0.25) is 0 Å². The van der Waals surface area contributed by atoms with Gasteiger partial charge in [-0.15, -0.1) is 0 Å². The van der Waals surface area contributed by atoms with E-state index in [0.717, 1.165) is 34.8 Å². The van der Waals surface area contributed by atoms with E-state index in [2.05, 4.69) is 10.3 Å². The predicted octanol–water partition coefficient (Wildman–Crippen LogP) is 3.36. The summed E-state index contributed by atoms with van der Waals surface area (Å²) in [6, 6.07) is 11.7. The minimum Gasteiger partial charge on any atom is -0.492 e. The number of fused-ring (bicyclic) bond motifs is 2. The Labute approximate surface area is 160 Å². The Bertz CT molecular complexity index is 1130. The molecule has 0 bridgehead atoms. The van der Waals surface area contributed by atoms with E-state index in [1.54, 1.807) is 30.3 Å². The maximum atomic E-state index is 13.4. The number of furan rings is 1. The lowest BCUT2D eigenvalue weighted by molar-refractivity contribution is 0.0976. The number of carbonyl (C=O) groups excluding carboxylic acids is 1. The summed E-state index contributed by atoms with van der Waals surface area (Å²) in [6.07, 6.45) is 2.71. The zero-order chi connectivity index (χ0) is 19.5. The molecule has 0 spiro atoms. The van der Waals surface area contributed by atoms with Crippen LogP contribution in [0, 0.1) is 5.82 Å². The fraction of sp³-hybridized carbons (Fsp3) is 0.190. The fourth-order valence-electron chi connectivity index (χ4n) is 3.18. The number of rotatable bonds is 8. The second kappa shape index (κ2) is 7.74. The van der Waals surface area contributed by atoms with Crippen molar-refractivity contribution in [3.8, 4) is 5.75 Å². The highest BCUT2D eigenvalue weighted by Crippen LogP contribution is 2.24. The van der Waals surface area contributed by atoms with Crippen LogP contribution < -0.4 is 15.8 Å². The van der Waals surface area contributed by atoms with E-state index < -0.39 is 5.91 Å². The zero-order valence-electron chi connectivity index (χ0n) is 15.1. The molecule has 0 aliphatic rings. The normalized spacial score (nSPS) is 11.3. The molecule has 144 valence electrons. The molecular weight excluding hydrogens is 361 g/mol. The molecular formula is C21H20FN3O3. The van der Waals surface area contributed by atoms with Crippen molar-refractivity contribution in [1.29, 1.82) is 0 Å². The number of nitrogens with two attached hydrogens (primary N) is 1. The van der Waals surface area contributed by atoms with Crippen molar-refractivity contribution >= 4 is 27.8 Å². The summed E-state index contributed by atoms with van der Waals surface area (Å²) in [5, 5.41) is 5.00. The van der Waals surface area contributed by atoms with Gasteiger partial charge in [0.1, 0.15) is 23.8 Å². The van der Waals surface area contributed by atoms with E-state index in [4.69, 9.17) is 14.9 Å². The molecule has 0 saturated carbocycles. The Morgan fingerprint density at radius 1 is 1.18 bits per heavy atom. The van der Waals surface area contributed by atoms with Crippen LogP contribution in [0.2, 0.25) is 0 Å². The molecule has 6 nitrogen and oxygen atoms in total. The van der Waals surface area contributed by atoms with Crippen LogP contribution in [-0.2, 0) is 6.42 Å². The van der Waals surface area contributed by atoms with E-state index in [-0.39, 0.29) is 11.6 Å². The minimum absolute atomic E-state index is 0.131. The summed E-state index contributed by atoms with van der Waals surface area (Å²) in [4.78, 5) is 14.3. The van der Waals surface area contributed by atoms with Gasteiger partial charge in [0.15, 0.2) is 5.76 Å². The molecule has 2 heterocycles. The summed E-state index contributed by atoms with van der Waals surface area (Å²) in [5.74, 6) is -0.00254. The minimum atomic E-state index is -0.596. The molecule has 28 heavy (non-hydrogen) atoms. The third-order valence-electron chi connectivity index (χ3n) is 4.58. The number of hydrogen-bond acceptors (Lipinski definition) is 4. The van der Waals surface area contributed by atoms with Crippen molar-refractivity contribution in [3.05, 3.63) is 65.8 Å². The van der Waals surface area contributed by atoms with Gasteiger partial charge < -0.3 is 25.2 Å². The highest BCUT2D eigenvalue weighted by molar-refractivity contribution is 5.95. The van der Waals surface area contributed by atoms with Gasteiger partial charge in [-0.25, -0.2) is 4.39 Å². The number of nitrogens with one attached hydrogen (secondary N) is 2. The number of benzene rings is 2. The number of primary amides is 1. The van der Waals surface area contributed by atoms with Crippen LogP contribution in [0.3, 0.4) is 0 Å². The van der Waals surface area contributed by atoms with Crippen LogP contribution in [0.15, 0.2) is 53.1 Å². The molecule has 0 aliphatic heterocycles. The summed E-state index contributed by atoms with van der Waals surface area (Å²) in [5.41, 5.74) is 7.84. The first-order valence-corrected chi connectivity index (χ1v) is 9.02. The lowest BCUT2D eigenvalue weighted by Gasteiger charge is -2.07. The van der Waals surface area contributed by atoms with Gasteiger partial charge >= 0.3 is 0 Å². The maximum Gasteiger partial charge on any atom is 0.284 e. The molecule has 2 aromatic carbocycles. The largest absolute Gasteiger partial charge is 0.492 e. The molecule has 2 aromatic heterocycles. The van der Waals surface area contributed by atoms with Crippen molar-refractivity contribution in [2.45, 2.75) is 6.42 Å². The molecule has 4 rings (SSSR count). The van der Waals surface area contributed by atoms with Crippen LogP contribution in [-0.4, -0.2) is 30.6 Å². The smallest absolute Gasteiger partial charge is 0.284 e. The van der Waals surface area contributed by atoms with E-state index >= 15 is 0 Å². The van der Waals surface area contributed by atoms with Crippen molar-refractivity contribution in [2.24, 2.45) is 5.73 Å². The van der Waals surface area contributed by atoms with Gasteiger partial charge in [0, 0.05) is 29.0 Å². The zero-order valence-corrected chi connectivity index (χ0v) is 15.1. The summed E-state index contributed by atoms with van der Waals surface area (Å²) in [7, 11) is 0. The number of ether oxygens (including phenoxy) is 1. The van der Waals surface area contributed by atoms with Gasteiger partial charge in [0.05, 0.1) is 0 Å². The van der Waals surface area contributed by atoms with Crippen molar-refractivity contribution in [1.82, 2.24) is 10.3 Å². The van der Waals surface area contributed by atoms with Gasteiger partial charge in [-0.05, 0) is 61.0 Å². The van der Waals surface area contributed by atoms with E-state index in [1.165, 1.54) is 6.07 Å². The van der Waals surface area contributed by atoms with E-state index in [1.807, 2.05) is 12.3 Å². The first kappa shape index (κ1) is 18.1. The highest BCUT2D eigenvalue weighted by Gasteiger charge is 2.09. The number of halogens is 1. The van der Waals surface area contributed by atoms with Crippen LogP contribution in [0.1, 0.15) is 16.1 Å². The molecule has 1 amide bonds. The third-order valence-corrected chi connectivity index (χ3v) is 4.58. The average Bonchev–Trinajstić information content (AvgIpc) is 3.28. The van der Waals surface area contributed by atoms with E-state index in [0.29, 0.717) is 24.5 Å². The molecule has 0 atom stereocenters. The molecule has 0 aliphatic carbocycles. The summed E-state index contributed by atoms with van der Waals surface area (Å²) >= 11 is 0. The SMILES string of the molecule is NC(=O)c1cc2cc(OCCNCCc3c[nH]c4ccc(F)cc34)ccc2o1. The van der Waals surface area contributed by atoms with Crippen LogP contribution in [0.25, 0.3) is 21.9 Å². The van der Waals surface area contributed by atoms with Crippen molar-refractivity contribution < 1.29 is 18.3 Å². The molecule has 7 heteroatoms. The molecule has 0 fully saturated rings. The monoisotopic (exact) mass is 381 g/mol. The molecule has 4 aromatic rings. The summed E-state index contributed by atoms with van der Waals surface area (Å²) in [6.45, 7) is 1.93. The first-order chi connectivity index (χ1) is 13.6. The lowest BCUT2D eigenvalue weighted by atomic mass is 10.1. The topological polar surface area (TPSA) is 93.3 Å². The highest BCUT2D eigenvalue weighted by atomic mass is 19.1. The van der Waals surface area contributed by atoms with Crippen LogP contribution >= 0.6 is 0 Å². The van der Waals surface area contributed by atoms with Crippen molar-refractivity contribution in [3.63, 3.8) is 0 Å². The Kier molecular flexibility index (Phi) is 4.99. The van der Waals surface area contributed by atoms with E-state index in [9.17, 15) is 9.18 Å². The Balaban J connectivity index is 1.25. The first-order valence-electron chi connectivity index (χ1n) is 9.02. The van der Waals surface area contributed by atoms with Crippen LogP contribution in [0.4, 0.5) is 4.39 Å². The quantitative estimate of drug-likeness (QED) is 0.408. The van der Waals surface area contributed by atoms with Gasteiger partial charge in [-0.1, -0.05) is 0 Å². The third kappa shape index (κ3) is 3.84. The van der Waals surface area contributed by atoms with Crippen LogP contribution in [0.5, 0.6) is 5.75 Å². The standard InChI is InChI=1S/C21H20FN3O3/c22-15-1-3-18-17(11-15)13(12-25-18)5-6-24-7-8-27-16-2-4-19-14(9-16)10-20(28-19)21(23)26/h1-4,9-12,24-25H,5-8H2,(H2,23,26). The number of aromatic nitrogens is 1. The number of aromatic amines is 1. The van der Waals surface area contributed by atoms with Gasteiger partial charge in [0.25, 0.3) is 5.91 Å². The number of amides is 1. The Morgan fingerprint density at radius 3 is 2.93 bits per heavy atom. The molecule has 0 unspecified atom stereocenters. The molecule has 0 saturated heterocycles.